The van der Waals surface area contributed by atoms with E-state index < -0.39 is 12.2 Å². The maximum Gasteiger partial charge on any atom is 0.412 e. The predicted molar refractivity (Wildman–Crippen MR) is 136 cm³/mol. The topological polar surface area (TPSA) is 116 Å². The van der Waals surface area contributed by atoms with Crippen molar-refractivity contribution in [2.45, 2.75) is 59.0 Å². The van der Waals surface area contributed by atoms with E-state index in [0.717, 1.165) is 31.2 Å². The number of carbonyl (C=O) groups excluding carboxylic acids is 2. The lowest BCUT2D eigenvalue weighted by Gasteiger charge is -2.21. The van der Waals surface area contributed by atoms with Gasteiger partial charge in [-0.25, -0.2) is 9.78 Å². The summed E-state index contributed by atoms with van der Waals surface area (Å²) >= 11 is 0. The Morgan fingerprint density at radius 2 is 1.78 bits per heavy atom. The van der Waals surface area contributed by atoms with Crippen LogP contribution in [0.5, 0.6) is 5.75 Å². The van der Waals surface area contributed by atoms with E-state index in [2.05, 4.69) is 20.8 Å². The van der Waals surface area contributed by atoms with Gasteiger partial charge in [0.25, 0.3) is 0 Å². The van der Waals surface area contributed by atoms with Crippen molar-refractivity contribution in [3.8, 4) is 17.2 Å². The number of rotatable bonds is 7. The average Bonchev–Trinajstić information content (AvgIpc) is 3.25. The first-order chi connectivity index (χ1) is 17.4. The molecular formula is C27H32N4O5. The Morgan fingerprint density at radius 1 is 1.03 bits per heavy atom. The molecule has 0 aliphatic heterocycles. The van der Waals surface area contributed by atoms with Crippen LogP contribution in [0.2, 0.25) is 0 Å². The molecule has 0 saturated heterocycles. The predicted octanol–water partition coefficient (Wildman–Crippen LogP) is 6.19. The van der Waals surface area contributed by atoms with Gasteiger partial charge in [0, 0.05) is 11.5 Å². The van der Waals surface area contributed by atoms with Crippen LogP contribution in [0, 0.1) is 19.8 Å². The third-order valence-electron chi connectivity index (χ3n) is 6.50. The van der Waals surface area contributed by atoms with E-state index in [1.54, 1.807) is 33.1 Å². The molecule has 1 aliphatic carbocycles. The molecule has 36 heavy (non-hydrogen) atoms. The van der Waals surface area contributed by atoms with Crippen molar-refractivity contribution in [3.63, 3.8) is 0 Å². The molecule has 1 saturated carbocycles. The highest BCUT2D eigenvalue weighted by atomic mass is 16.6. The number of methoxy groups -OCH3 is 1. The molecule has 9 nitrogen and oxygen atoms in total. The summed E-state index contributed by atoms with van der Waals surface area (Å²) in [6, 6.07) is 10.9. The SMILES string of the molecule is COc1ccccc1[C@H](C)OC(=O)Nc1c(C)noc1-c1ccc(NC(=O)C2CCCCC2)c(C)n1. The molecule has 2 heterocycles. The molecule has 1 fully saturated rings. The summed E-state index contributed by atoms with van der Waals surface area (Å²) < 4.78 is 16.4. The van der Waals surface area contributed by atoms with E-state index in [1.165, 1.54) is 6.42 Å². The van der Waals surface area contributed by atoms with Gasteiger partial charge in [0.1, 0.15) is 28.9 Å². The number of nitrogens with one attached hydrogen (secondary N) is 2. The maximum atomic E-state index is 12.7. The van der Waals surface area contributed by atoms with Crippen LogP contribution in [0.1, 0.15) is 62.1 Å². The van der Waals surface area contributed by atoms with Gasteiger partial charge < -0.3 is 19.3 Å². The van der Waals surface area contributed by atoms with E-state index in [9.17, 15) is 9.59 Å². The first-order valence-corrected chi connectivity index (χ1v) is 12.2. The molecule has 2 aromatic heterocycles. The minimum Gasteiger partial charge on any atom is -0.496 e. The minimum atomic E-state index is -0.658. The van der Waals surface area contributed by atoms with E-state index in [-0.39, 0.29) is 11.8 Å². The Hall–Kier alpha value is -3.88. The molecule has 1 aromatic carbocycles. The number of hydrogen-bond donors (Lipinski definition) is 2. The Morgan fingerprint density at radius 3 is 2.50 bits per heavy atom. The average molecular weight is 493 g/mol. The van der Waals surface area contributed by atoms with Gasteiger partial charge in [-0.15, -0.1) is 0 Å². The smallest absolute Gasteiger partial charge is 0.412 e. The van der Waals surface area contributed by atoms with Crippen LogP contribution in [-0.4, -0.2) is 29.3 Å². The molecule has 2 amide bonds. The second kappa shape index (κ2) is 11.2. The van der Waals surface area contributed by atoms with Crippen LogP contribution < -0.4 is 15.4 Å². The second-order valence-electron chi connectivity index (χ2n) is 9.04. The summed E-state index contributed by atoms with van der Waals surface area (Å²) in [5.74, 6) is 1.03. The Bertz CT molecular complexity index is 1230. The summed E-state index contributed by atoms with van der Waals surface area (Å²) in [6.45, 7) is 5.31. The van der Waals surface area contributed by atoms with Crippen molar-refractivity contribution in [3.05, 3.63) is 53.3 Å². The zero-order chi connectivity index (χ0) is 25.7. The summed E-state index contributed by atoms with van der Waals surface area (Å²) in [4.78, 5) is 30.0. The van der Waals surface area contributed by atoms with Crippen LogP contribution >= 0.6 is 0 Å². The number of ether oxygens (including phenoxy) is 2. The quantitative estimate of drug-likeness (QED) is 0.404. The molecule has 1 aliphatic rings. The molecule has 2 N–H and O–H groups in total. The van der Waals surface area contributed by atoms with Crippen LogP contribution in [0.3, 0.4) is 0 Å². The highest BCUT2D eigenvalue weighted by molar-refractivity contribution is 5.94. The lowest BCUT2D eigenvalue weighted by molar-refractivity contribution is -0.120. The zero-order valence-corrected chi connectivity index (χ0v) is 21.1. The molecule has 0 unspecified atom stereocenters. The molecule has 9 heteroatoms. The molecule has 0 bridgehead atoms. The van der Waals surface area contributed by atoms with Crippen molar-refractivity contribution in [1.82, 2.24) is 10.1 Å². The Labute approximate surface area is 210 Å². The Kier molecular flexibility index (Phi) is 7.87. The largest absolute Gasteiger partial charge is 0.496 e. The van der Waals surface area contributed by atoms with Gasteiger partial charge in [-0.2, -0.15) is 0 Å². The standard InChI is InChI=1S/C27H32N4O5/c1-16-21(29-26(32)19-10-6-5-7-11-19)14-15-22(28-16)25-24(17(2)31-36-25)30-27(33)35-18(3)20-12-8-9-13-23(20)34-4/h8-9,12-15,18-19H,5-7,10-11H2,1-4H3,(H,29,32)(H,30,33)/t18-/m0/s1. The maximum absolute atomic E-state index is 12.7. The first-order valence-electron chi connectivity index (χ1n) is 12.2. The number of anilines is 2. The molecule has 0 radical (unpaired) electrons. The van der Waals surface area contributed by atoms with E-state index in [0.29, 0.717) is 40.0 Å². The molecule has 0 spiro atoms. The number of amides is 2. The van der Waals surface area contributed by atoms with Crippen LogP contribution in [0.4, 0.5) is 16.2 Å². The summed E-state index contributed by atoms with van der Waals surface area (Å²) in [5.41, 5.74) is 3.39. The van der Waals surface area contributed by atoms with E-state index in [4.69, 9.17) is 14.0 Å². The summed E-state index contributed by atoms with van der Waals surface area (Å²) in [5, 5.41) is 9.74. The number of aromatic nitrogens is 2. The molecule has 1 atom stereocenters. The first kappa shape index (κ1) is 25.2. The lowest BCUT2D eigenvalue weighted by Crippen LogP contribution is -2.25. The van der Waals surface area contributed by atoms with Crippen molar-refractivity contribution in [2.75, 3.05) is 17.7 Å². The number of para-hydroxylation sites is 1. The number of aryl methyl sites for hydroxylation is 2. The lowest BCUT2D eigenvalue weighted by atomic mass is 9.88. The van der Waals surface area contributed by atoms with E-state index >= 15 is 0 Å². The zero-order valence-electron chi connectivity index (χ0n) is 21.1. The molecular weight excluding hydrogens is 460 g/mol. The molecule has 3 aromatic rings. The van der Waals surface area contributed by atoms with Gasteiger partial charge in [0.15, 0.2) is 0 Å². The van der Waals surface area contributed by atoms with Crippen molar-refractivity contribution < 1.29 is 23.6 Å². The fraction of sp³-hybridized carbons (Fsp3) is 0.407. The molecule has 190 valence electrons. The van der Waals surface area contributed by atoms with Crippen LogP contribution in [0.25, 0.3) is 11.5 Å². The second-order valence-corrected chi connectivity index (χ2v) is 9.04. The highest BCUT2D eigenvalue weighted by Crippen LogP contribution is 2.33. The number of carbonyl (C=O) groups is 2. The van der Waals surface area contributed by atoms with Gasteiger partial charge in [0.2, 0.25) is 11.7 Å². The summed E-state index contributed by atoms with van der Waals surface area (Å²) in [7, 11) is 1.57. The summed E-state index contributed by atoms with van der Waals surface area (Å²) in [6.07, 6.45) is 4.03. The highest BCUT2D eigenvalue weighted by Gasteiger charge is 2.24. The number of nitrogens with zero attached hydrogens (tertiary/aromatic N) is 2. The third kappa shape index (κ3) is 5.67. The fourth-order valence-corrected chi connectivity index (χ4v) is 4.47. The van der Waals surface area contributed by atoms with Crippen molar-refractivity contribution >= 4 is 23.4 Å². The van der Waals surface area contributed by atoms with Gasteiger partial charge in [-0.3, -0.25) is 10.1 Å². The van der Waals surface area contributed by atoms with Gasteiger partial charge >= 0.3 is 6.09 Å². The molecule has 4 rings (SSSR count). The van der Waals surface area contributed by atoms with E-state index in [1.807, 2.05) is 31.2 Å². The Balaban J connectivity index is 1.46. The van der Waals surface area contributed by atoms with Gasteiger partial charge in [-0.05, 0) is 51.8 Å². The third-order valence-corrected chi connectivity index (χ3v) is 6.50. The fourth-order valence-electron chi connectivity index (χ4n) is 4.47. The van der Waals surface area contributed by atoms with Gasteiger partial charge in [-0.1, -0.05) is 42.6 Å². The minimum absolute atomic E-state index is 0.0390. The van der Waals surface area contributed by atoms with Crippen molar-refractivity contribution in [2.24, 2.45) is 5.92 Å². The normalized spacial score (nSPS) is 14.7. The number of benzene rings is 1. The van der Waals surface area contributed by atoms with Crippen LogP contribution in [-0.2, 0) is 9.53 Å². The monoisotopic (exact) mass is 492 g/mol. The van der Waals surface area contributed by atoms with Gasteiger partial charge in [0.05, 0.1) is 18.5 Å². The van der Waals surface area contributed by atoms with Crippen LogP contribution in [0.15, 0.2) is 40.9 Å². The van der Waals surface area contributed by atoms with Crippen molar-refractivity contribution in [1.29, 1.82) is 0 Å². The number of pyridine rings is 1. The number of hydrogen-bond acceptors (Lipinski definition) is 7.